The normalized spacial score (nSPS) is 33.0. The molecule has 25 heavy (non-hydrogen) atoms. The number of benzene rings is 1. The van der Waals surface area contributed by atoms with E-state index in [0.717, 1.165) is 41.3 Å². The first-order valence-corrected chi connectivity index (χ1v) is 10.1. The van der Waals surface area contributed by atoms with Gasteiger partial charge in [-0.05, 0) is 81.5 Å². The summed E-state index contributed by atoms with van der Waals surface area (Å²) in [7, 11) is 0. The van der Waals surface area contributed by atoms with Gasteiger partial charge in [0.2, 0.25) is 5.91 Å². The number of amides is 1. The Hall–Kier alpha value is -0.910. The first kappa shape index (κ1) is 18.9. The lowest BCUT2D eigenvalue weighted by atomic mass is 9.74. The van der Waals surface area contributed by atoms with E-state index in [9.17, 15) is 15.0 Å². The van der Waals surface area contributed by atoms with E-state index in [-0.39, 0.29) is 24.0 Å². The Balaban J connectivity index is 1.56. The Labute approximate surface area is 158 Å². The number of carbonyl (C=O) groups excluding carboxylic acids is 1. The molecular weight excluding hydrogens is 382 g/mol. The Bertz CT molecular complexity index is 617. The van der Waals surface area contributed by atoms with E-state index in [4.69, 9.17) is 0 Å². The average Bonchev–Trinajstić information content (AvgIpc) is 2.57. The average molecular weight is 410 g/mol. The lowest BCUT2D eigenvalue weighted by Gasteiger charge is -2.37. The second kappa shape index (κ2) is 7.77. The predicted molar refractivity (Wildman–Crippen MR) is 101 cm³/mol. The Morgan fingerprint density at radius 2 is 1.80 bits per heavy atom. The second-order valence-electron chi connectivity index (χ2n) is 7.78. The molecule has 138 valence electrons. The van der Waals surface area contributed by atoms with Gasteiger partial charge in [-0.3, -0.25) is 4.79 Å². The SMILES string of the molecule is Cc1cc(Br)ccc1C1(O)CCC(C(=O)NC2CCC(O)CC2)CC1. The number of rotatable bonds is 3. The van der Waals surface area contributed by atoms with Crippen LogP contribution in [0.2, 0.25) is 0 Å². The molecule has 0 aliphatic heterocycles. The molecule has 0 radical (unpaired) electrons. The van der Waals surface area contributed by atoms with Crippen LogP contribution in [-0.2, 0) is 10.4 Å². The minimum atomic E-state index is -0.823. The zero-order chi connectivity index (χ0) is 18.0. The fourth-order valence-corrected chi connectivity index (χ4v) is 4.79. The van der Waals surface area contributed by atoms with Gasteiger partial charge in [0.05, 0.1) is 11.7 Å². The van der Waals surface area contributed by atoms with E-state index in [2.05, 4.69) is 21.2 Å². The van der Waals surface area contributed by atoms with E-state index >= 15 is 0 Å². The summed E-state index contributed by atoms with van der Waals surface area (Å²) in [6.07, 6.45) is 5.75. The monoisotopic (exact) mass is 409 g/mol. The van der Waals surface area contributed by atoms with E-state index < -0.39 is 5.60 Å². The summed E-state index contributed by atoms with van der Waals surface area (Å²) in [4.78, 5) is 12.5. The molecule has 0 saturated heterocycles. The summed E-state index contributed by atoms with van der Waals surface area (Å²) in [5.41, 5.74) is 1.24. The highest BCUT2D eigenvalue weighted by Gasteiger charge is 2.38. The van der Waals surface area contributed by atoms with E-state index in [1.165, 1.54) is 0 Å². The molecule has 2 saturated carbocycles. The molecule has 5 heteroatoms. The third-order valence-electron chi connectivity index (χ3n) is 5.92. The van der Waals surface area contributed by atoms with Crippen molar-refractivity contribution in [1.82, 2.24) is 5.32 Å². The van der Waals surface area contributed by atoms with Crippen LogP contribution in [0.15, 0.2) is 22.7 Å². The topological polar surface area (TPSA) is 69.6 Å². The molecule has 0 unspecified atom stereocenters. The molecule has 0 spiro atoms. The van der Waals surface area contributed by atoms with Crippen molar-refractivity contribution in [3.8, 4) is 0 Å². The molecular formula is C20H28BrNO3. The molecule has 1 amide bonds. The van der Waals surface area contributed by atoms with Gasteiger partial charge in [0, 0.05) is 16.4 Å². The van der Waals surface area contributed by atoms with Crippen LogP contribution in [0.25, 0.3) is 0 Å². The highest BCUT2D eigenvalue weighted by atomic mass is 79.9. The summed E-state index contributed by atoms with van der Waals surface area (Å²) in [6.45, 7) is 2.02. The van der Waals surface area contributed by atoms with Crippen LogP contribution in [0, 0.1) is 12.8 Å². The summed E-state index contributed by atoms with van der Waals surface area (Å²) in [6, 6.07) is 6.19. The standard InChI is InChI=1S/C20H28BrNO3/c1-13-12-15(21)2-7-18(13)20(25)10-8-14(9-11-20)19(24)22-16-3-5-17(23)6-4-16/h2,7,12,14,16-17,23,25H,3-6,8-11H2,1H3,(H,22,24). The van der Waals surface area contributed by atoms with Crippen LogP contribution in [0.5, 0.6) is 0 Å². The molecule has 3 N–H and O–H groups in total. The van der Waals surface area contributed by atoms with Crippen LogP contribution in [0.3, 0.4) is 0 Å². The third kappa shape index (κ3) is 4.44. The molecule has 2 aliphatic rings. The van der Waals surface area contributed by atoms with Crippen molar-refractivity contribution in [2.24, 2.45) is 5.92 Å². The molecule has 0 atom stereocenters. The summed E-state index contributed by atoms with van der Waals surface area (Å²) in [5, 5.41) is 23.8. The first-order chi connectivity index (χ1) is 11.9. The van der Waals surface area contributed by atoms with Gasteiger partial charge < -0.3 is 15.5 Å². The maximum atomic E-state index is 12.5. The molecule has 1 aromatic carbocycles. The quantitative estimate of drug-likeness (QED) is 0.714. The molecule has 3 rings (SSSR count). The van der Waals surface area contributed by atoms with E-state index in [1.807, 2.05) is 25.1 Å². The van der Waals surface area contributed by atoms with E-state index in [1.54, 1.807) is 0 Å². The molecule has 2 aliphatic carbocycles. The smallest absolute Gasteiger partial charge is 0.223 e. The highest BCUT2D eigenvalue weighted by molar-refractivity contribution is 9.10. The minimum Gasteiger partial charge on any atom is -0.393 e. The molecule has 4 nitrogen and oxygen atoms in total. The van der Waals surface area contributed by atoms with Gasteiger partial charge in [-0.2, -0.15) is 0 Å². The van der Waals surface area contributed by atoms with Gasteiger partial charge in [-0.1, -0.05) is 22.0 Å². The first-order valence-electron chi connectivity index (χ1n) is 9.35. The number of hydrogen-bond acceptors (Lipinski definition) is 3. The van der Waals surface area contributed by atoms with Gasteiger partial charge in [0.25, 0.3) is 0 Å². The maximum absolute atomic E-state index is 12.5. The van der Waals surface area contributed by atoms with Crippen molar-refractivity contribution < 1.29 is 15.0 Å². The molecule has 0 bridgehead atoms. The maximum Gasteiger partial charge on any atom is 0.223 e. The number of halogens is 1. The molecule has 2 fully saturated rings. The largest absolute Gasteiger partial charge is 0.393 e. The van der Waals surface area contributed by atoms with Crippen LogP contribution in [0.1, 0.15) is 62.5 Å². The fourth-order valence-electron chi connectivity index (χ4n) is 4.32. The lowest BCUT2D eigenvalue weighted by molar-refractivity contribution is -0.129. The Kier molecular flexibility index (Phi) is 5.86. The zero-order valence-electron chi connectivity index (χ0n) is 14.8. The minimum absolute atomic E-state index is 0.0112. The highest BCUT2D eigenvalue weighted by Crippen LogP contribution is 2.41. The van der Waals surface area contributed by atoms with Gasteiger partial charge in [0.15, 0.2) is 0 Å². The van der Waals surface area contributed by atoms with Crippen LogP contribution >= 0.6 is 15.9 Å². The Morgan fingerprint density at radius 1 is 1.16 bits per heavy atom. The number of aryl methyl sites for hydroxylation is 1. The lowest BCUT2D eigenvalue weighted by Crippen LogP contribution is -2.44. The van der Waals surface area contributed by atoms with Crippen molar-refractivity contribution in [3.63, 3.8) is 0 Å². The van der Waals surface area contributed by atoms with Gasteiger partial charge in [0.1, 0.15) is 0 Å². The summed E-state index contributed by atoms with van der Waals surface area (Å²) >= 11 is 3.47. The summed E-state index contributed by atoms with van der Waals surface area (Å²) < 4.78 is 1.02. The van der Waals surface area contributed by atoms with Gasteiger partial charge >= 0.3 is 0 Å². The zero-order valence-corrected chi connectivity index (χ0v) is 16.4. The molecule has 0 aromatic heterocycles. The third-order valence-corrected chi connectivity index (χ3v) is 6.41. The number of hydrogen-bond donors (Lipinski definition) is 3. The van der Waals surface area contributed by atoms with Crippen molar-refractivity contribution in [2.45, 2.75) is 76.0 Å². The van der Waals surface area contributed by atoms with Crippen LogP contribution < -0.4 is 5.32 Å². The molecule has 0 heterocycles. The number of aliphatic hydroxyl groups excluding tert-OH is 1. The van der Waals surface area contributed by atoms with Crippen molar-refractivity contribution >= 4 is 21.8 Å². The molecule has 1 aromatic rings. The van der Waals surface area contributed by atoms with Gasteiger partial charge in [-0.15, -0.1) is 0 Å². The number of aliphatic hydroxyl groups is 2. The van der Waals surface area contributed by atoms with Crippen molar-refractivity contribution in [3.05, 3.63) is 33.8 Å². The fraction of sp³-hybridized carbons (Fsp3) is 0.650. The van der Waals surface area contributed by atoms with Crippen LogP contribution in [0.4, 0.5) is 0 Å². The van der Waals surface area contributed by atoms with Crippen molar-refractivity contribution in [2.75, 3.05) is 0 Å². The van der Waals surface area contributed by atoms with Gasteiger partial charge in [-0.25, -0.2) is 0 Å². The van der Waals surface area contributed by atoms with Crippen molar-refractivity contribution in [1.29, 1.82) is 0 Å². The number of carbonyl (C=O) groups is 1. The van der Waals surface area contributed by atoms with E-state index in [0.29, 0.717) is 25.7 Å². The second-order valence-corrected chi connectivity index (χ2v) is 8.69. The Morgan fingerprint density at radius 3 is 2.40 bits per heavy atom. The summed E-state index contributed by atoms with van der Waals surface area (Å²) in [5.74, 6) is 0.110. The number of nitrogens with one attached hydrogen (secondary N) is 1. The van der Waals surface area contributed by atoms with Crippen LogP contribution in [-0.4, -0.2) is 28.3 Å². The predicted octanol–water partition coefficient (Wildman–Crippen LogP) is 3.56.